The SMILES string of the molecule is CCCCOc1c2n(cc(C(=O)O)c1=O)N(Cc1ccc(F)cc1)CN(Cc1ccc(F)cc1)C2=O. The van der Waals surface area contributed by atoms with E-state index >= 15 is 0 Å². The molecule has 8 nitrogen and oxygen atoms in total. The van der Waals surface area contributed by atoms with Gasteiger partial charge in [-0.2, -0.15) is 0 Å². The third-order valence-corrected chi connectivity index (χ3v) is 5.81. The Balaban J connectivity index is 1.82. The molecule has 1 aromatic heterocycles. The molecule has 1 amide bonds. The van der Waals surface area contributed by atoms with E-state index in [1.807, 2.05) is 6.92 Å². The van der Waals surface area contributed by atoms with Gasteiger partial charge in [0.1, 0.15) is 23.9 Å². The van der Waals surface area contributed by atoms with E-state index < -0.39 is 34.5 Å². The lowest BCUT2D eigenvalue weighted by Gasteiger charge is -2.40. The first-order chi connectivity index (χ1) is 17.3. The zero-order valence-electron chi connectivity index (χ0n) is 19.6. The van der Waals surface area contributed by atoms with Crippen molar-refractivity contribution in [1.29, 1.82) is 0 Å². The van der Waals surface area contributed by atoms with Crippen LogP contribution in [0.15, 0.2) is 59.5 Å². The van der Waals surface area contributed by atoms with Gasteiger partial charge >= 0.3 is 5.97 Å². The zero-order chi connectivity index (χ0) is 25.8. The zero-order valence-corrected chi connectivity index (χ0v) is 19.6. The van der Waals surface area contributed by atoms with Crippen LogP contribution in [0.4, 0.5) is 8.78 Å². The van der Waals surface area contributed by atoms with E-state index in [9.17, 15) is 28.3 Å². The molecule has 0 atom stereocenters. The lowest BCUT2D eigenvalue weighted by Crippen LogP contribution is -2.54. The summed E-state index contributed by atoms with van der Waals surface area (Å²) in [5.41, 5.74) is -0.158. The van der Waals surface area contributed by atoms with Crippen LogP contribution < -0.4 is 15.2 Å². The van der Waals surface area contributed by atoms with Gasteiger partial charge in [-0.3, -0.25) is 19.3 Å². The Morgan fingerprint density at radius 1 is 0.972 bits per heavy atom. The quantitative estimate of drug-likeness (QED) is 0.453. The number of amides is 1. The number of unbranched alkanes of at least 4 members (excludes halogenated alkanes) is 1. The van der Waals surface area contributed by atoms with Gasteiger partial charge in [-0.1, -0.05) is 37.6 Å². The van der Waals surface area contributed by atoms with E-state index in [0.717, 1.165) is 12.6 Å². The molecule has 0 radical (unpaired) electrons. The maximum absolute atomic E-state index is 13.6. The Hall–Kier alpha value is -4.21. The number of carbonyl (C=O) groups excluding carboxylic acids is 1. The highest BCUT2D eigenvalue weighted by Crippen LogP contribution is 2.25. The monoisotopic (exact) mass is 497 g/mol. The summed E-state index contributed by atoms with van der Waals surface area (Å²) >= 11 is 0. The number of aromatic carboxylic acids is 1. The van der Waals surface area contributed by atoms with Crippen LogP contribution in [-0.4, -0.2) is 39.8 Å². The summed E-state index contributed by atoms with van der Waals surface area (Å²) in [5, 5.41) is 11.3. The van der Waals surface area contributed by atoms with Gasteiger partial charge in [0.2, 0.25) is 5.43 Å². The Labute approximate surface area is 205 Å². The van der Waals surface area contributed by atoms with Crippen molar-refractivity contribution in [3.8, 4) is 5.75 Å². The number of nitrogens with zero attached hydrogens (tertiary/aromatic N) is 3. The Morgan fingerprint density at radius 3 is 2.11 bits per heavy atom. The predicted octanol–water partition coefficient (Wildman–Crippen LogP) is 3.76. The number of rotatable bonds is 9. The van der Waals surface area contributed by atoms with E-state index in [1.165, 1.54) is 33.8 Å². The fourth-order valence-electron chi connectivity index (χ4n) is 3.94. The molecule has 10 heteroatoms. The third-order valence-electron chi connectivity index (χ3n) is 5.81. The van der Waals surface area contributed by atoms with Crippen molar-refractivity contribution in [2.45, 2.75) is 32.9 Å². The van der Waals surface area contributed by atoms with Crippen LogP contribution in [0.5, 0.6) is 5.75 Å². The molecule has 0 spiro atoms. The van der Waals surface area contributed by atoms with Gasteiger partial charge in [0.25, 0.3) is 5.91 Å². The van der Waals surface area contributed by atoms with Crippen LogP contribution in [0.3, 0.4) is 0 Å². The fourth-order valence-corrected chi connectivity index (χ4v) is 3.94. The van der Waals surface area contributed by atoms with Crippen LogP contribution in [0, 0.1) is 11.6 Å². The summed E-state index contributed by atoms with van der Waals surface area (Å²) in [5.74, 6) is -3.13. The van der Waals surface area contributed by atoms with Crippen LogP contribution in [-0.2, 0) is 13.1 Å². The first-order valence-electron chi connectivity index (χ1n) is 11.5. The third kappa shape index (κ3) is 5.22. The molecule has 0 saturated heterocycles. The lowest BCUT2D eigenvalue weighted by molar-refractivity contribution is 0.0652. The average molecular weight is 497 g/mol. The number of halogens is 2. The van der Waals surface area contributed by atoms with Gasteiger partial charge in [-0.25, -0.2) is 13.6 Å². The number of benzene rings is 2. The minimum absolute atomic E-state index is 0.0247. The molecule has 0 saturated carbocycles. The van der Waals surface area contributed by atoms with Crippen molar-refractivity contribution in [2.24, 2.45) is 0 Å². The summed E-state index contributed by atoms with van der Waals surface area (Å²) < 4.78 is 33.9. The molecule has 2 aromatic carbocycles. The molecule has 4 rings (SSSR count). The van der Waals surface area contributed by atoms with Crippen LogP contribution in [0.1, 0.15) is 51.7 Å². The van der Waals surface area contributed by atoms with Gasteiger partial charge < -0.3 is 14.7 Å². The molecule has 0 fully saturated rings. The molecule has 0 unspecified atom stereocenters. The maximum Gasteiger partial charge on any atom is 0.341 e. The van der Waals surface area contributed by atoms with E-state index in [-0.39, 0.29) is 37.8 Å². The van der Waals surface area contributed by atoms with Crippen molar-refractivity contribution in [1.82, 2.24) is 9.58 Å². The second-order valence-electron chi connectivity index (χ2n) is 8.46. The maximum atomic E-state index is 13.6. The molecular formula is C26H25F2N3O5. The molecule has 0 bridgehead atoms. The van der Waals surface area contributed by atoms with E-state index in [0.29, 0.717) is 17.5 Å². The topological polar surface area (TPSA) is 92.1 Å². The van der Waals surface area contributed by atoms with Crippen molar-refractivity contribution in [2.75, 3.05) is 18.3 Å². The van der Waals surface area contributed by atoms with Crippen LogP contribution in [0.25, 0.3) is 0 Å². The number of pyridine rings is 1. The summed E-state index contributed by atoms with van der Waals surface area (Å²) in [7, 11) is 0. The number of hydrogen-bond acceptors (Lipinski definition) is 5. The highest BCUT2D eigenvalue weighted by atomic mass is 19.1. The van der Waals surface area contributed by atoms with Gasteiger partial charge in [0.15, 0.2) is 11.4 Å². The van der Waals surface area contributed by atoms with Gasteiger partial charge in [0, 0.05) is 12.7 Å². The number of hydrogen-bond donors (Lipinski definition) is 1. The molecule has 0 aliphatic carbocycles. The number of carboxylic acids is 1. The smallest absolute Gasteiger partial charge is 0.341 e. The largest absolute Gasteiger partial charge is 0.487 e. The van der Waals surface area contributed by atoms with E-state index in [4.69, 9.17) is 4.74 Å². The molecule has 1 aliphatic rings. The number of fused-ring (bicyclic) bond motifs is 1. The molecule has 36 heavy (non-hydrogen) atoms. The summed E-state index contributed by atoms with van der Waals surface area (Å²) in [4.78, 5) is 40.0. The average Bonchev–Trinajstić information content (AvgIpc) is 2.85. The Bertz CT molecular complexity index is 1320. The highest BCUT2D eigenvalue weighted by molar-refractivity contribution is 5.98. The normalized spacial score (nSPS) is 13.0. The molecule has 2 heterocycles. The summed E-state index contributed by atoms with van der Waals surface area (Å²) in [6.07, 6.45) is 2.48. The Kier molecular flexibility index (Phi) is 7.33. The van der Waals surface area contributed by atoms with Crippen molar-refractivity contribution in [3.05, 3.63) is 99.0 Å². The van der Waals surface area contributed by atoms with Gasteiger partial charge in [0.05, 0.1) is 13.2 Å². The first-order valence-corrected chi connectivity index (χ1v) is 11.5. The van der Waals surface area contributed by atoms with Gasteiger partial charge in [-0.05, 0) is 41.8 Å². The first kappa shape index (κ1) is 24.9. The van der Waals surface area contributed by atoms with Crippen molar-refractivity contribution in [3.63, 3.8) is 0 Å². The second kappa shape index (κ2) is 10.6. The lowest BCUT2D eigenvalue weighted by atomic mass is 10.1. The summed E-state index contributed by atoms with van der Waals surface area (Å²) in [6, 6.07) is 11.4. The molecule has 1 aliphatic heterocycles. The second-order valence-corrected chi connectivity index (χ2v) is 8.46. The Morgan fingerprint density at radius 2 is 1.56 bits per heavy atom. The minimum atomic E-state index is -1.45. The van der Waals surface area contributed by atoms with Crippen molar-refractivity contribution >= 4 is 11.9 Å². The predicted molar refractivity (Wildman–Crippen MR) is 128 cm³/mol. The van der Waals surface area contributed by atoms with Crippen molar-refractivity contribution < 1.29 is 28.2 Å². The number of carboxylic acid groups (broad SMARTS) is 1. The minimum Gasteiger partial charge on any atom is -0.487 e. The highest BCUT2D eigenvalue weighted by Gasteiger charge is 2.35. The summed E-state index contributed by atoms with van der Waals surface area (Å²) in [6.45, 7) is 2.38. The standard InChI is InChI=1S/C26H25F2N3O5/c1-2-3-12-36-24-22-25(33)29(13-17-4-8-19(27)9-5-17)16-30(14-18-6-10-20(28)11-7-18)31(22)15-21(23(24)32)26(34)35/h4-11,15H,2-3,12-14,16H2,1H3,(H,34,35). The van der Waals surface area contributed by atoms with Gasteiger partial charge in [-0.15, -0.1) is 0 Å². The molecular weight excluding hydrogens is 472 g/mol. The van der Waals surface area contributed by atoms with Crippen LogP contribution >= 0.6 is 0 Å². The molecule has 3 aromatic rings. The molecule has 1 N–H and O–H groups in total. The molecule has 188 valence electrons. The van der Waals surface area contributed by atoms with E-state index in [2.05, 4.69) is 0 Å². The van der Waals surface area contributed by atoms with E-state index in [1.54, 1.807) is 29.3 Å². The van der Waals surface area contributed by atoms with Crippen LogP contribution in [0.2, 0.25) is 0 Å². The number of carbonyl (C=O) groups is 2. The number of ether oxygens (including phenoxy) is 1. The fraction of sp³-hybridized carbons (Fsp3) is 0.269. The number of aromatic nitrogens is 1.